The summed E-state index contributed by atoms with van der Waals surface area (Å²) in [4.78, 5) is 0. The van der Waals surface area contributed by atoms with Gasteiger partial charge in [-0.05, 0) is 32.1 Å². The number of rotatable bonds is 2. The Morgan fingerprint density at radius 2 is 2.62 bits per heavy atom. The van der Waals surface area contributed by atoms with Crippen molar-refractivity contribution in [2.45, 2.75) is 38.8 Å². The predicted octanol–water partition coefficient (Wildman–Crippen LogP) is 0.578. The number of aryl methyl sites for hydroxylation is 1. The topological polar surface area (TPSA) is 56.7 Å². The lowest BCUT2D eigenvalue weighted by Gasteiger charge is -2.23. The van der Waals surface area contributed by atoms with Gasteiger partial charge in [-0.1, -0.05) is 5.21 Å². The fraction of sp³-hybridized carbons (Fsp3) is 0.778. The van der Waals surface area contributed by atoms with E-state index in [-0.39, 0.29) is 0 Å². The second kappa shape index (κ2) is 3.46. The summed E-state index contributed by atoms with van der Waals surface area (Å²) in [6.45, 7) is 3.08. The quantitative estimate of drug-likeness (QED) is 0.724. The molecule has 1 aliphatic rings. The Morgan fingerprint density at radius 1 is 1.77 bits per heavy atom. The molecule has 4 nitrogen and oxygen atoms in total. The van der Waals surface area contributed by atoms with Crippen LogP contribution in [0.1, 0.15) is 25.5 Å². The first-order chi connectivity index (χ1) is 6.25. The van der Waals surface area contributed by atoms with Crippen LogP contribution in [0.25, 0.3) is 0 Å². The minimum atomic E-state index is 0.312. The summed E-state index contributed by atoms with van der Waals surface area (Å²) in [5, 5.41) is 7.90. The smallest absolute Gasteiger partial charge is 0.0725 e. The number of nitrogens with zero attached hydrogens (tertiary/aromatic N) is 3. The molecule has 0 bridgehead atoms. The van der Waals surface area contributed by atoms with E-state index in [9.17, 15) is 0 Å². The molecule has 1 aromatic heterocycles. The van der Waals surface area contributed by atoms with Gasteiger partial charge in [0.05, 0.1) is 11.9 Å². The molecule has 0 fully saturated rings. The second-order valence-corrected chi connectivity index (χ2v) is 4.02. The van der Waals surface area contributed by atoms with Gasteiger partial charge in [-0.3, -0.25) is 0 Å². The third-order valence-corrected chi connectivity index (χ3v) is 2.65. The number of fused-ring (bicyclic) bond motifs is 1. The van der Waals surface area contributed by atoms with Crippen LogP contribution in [0.3, 0.4) is 0 Å². The summed E-state index contributed by atoms with van der Waals surface area (Å²) >= 11 is 0. The molecule has 0 spiro atoms. The zero-order valence-electron chi connectivity index (χ0n) is 7.98. The van der Waals surface area contributed by atoms with Gasteiger partial charge >= 0.3 is 0 Å². The van der Waals surface area contributed by atoms with Gasteiger partial charge < -0.3 is 5.73 Å². The Hall–Kier alpha value is -0.900. The molecule has 0 saturated heterocycles. The van der Waals surface area contributed by atoms with Crippen molar-refractivity contribution in [1.29, 1.82) is 0 Å². The third-order valence-electron chi connectivity index (χ3n) is 2.65. The van der Waals surface area contributed by atoms with Crippen LogP contribution in [0.2, 0.25) is 0 Å². The van der Waals surface area contributed by atoms with E-state index in [0.717, 1.165) is 25.3 Å². The molecular formula is C9H16N4. The number of hydrogen-bond acceptors (Lipinski definition) is 3. The van der Waals surface area contributed by atoms with Gasteiger partial charge in [0.15, 0.2) is 0 Å². The van der Waals surface area contributed by atoms with Crippen molar-refractivity contribution in [2.24, 2.45) is 11.7 Å². The van der Waals surface area contributed by atoms with Crippen LogP contribution in [0.15, 0.2) is 6.20 Å². The molecule has 2 N–H and O–H groups in total. The zero-order chi connectivity index (χ0) is 9.26. The summed E-state index contributed by atoms with van der Waals surface area (Å²) in [5.41, 5.74) is 7.04. The molecule has 2 rings (SSSR count). The Kier molecular flexibility index (Phi) is 2.31. The molecule has 0 aromatic carbocycles. The summed E-state index contributed by atoms with van der Waals surface area (Å²) in [6, 6.07) is 0.312. The largest absolute Gasteiger partial charge is 0.328 e. The Morgan fingerprint density at radius 3 is 3.38 bits per heavy atom. The summed E-state index contributed by atoms with van der Waals surface area (Å²) < 4.78 is 2.00. The van der Waals surface area contributed by atoms with E-state index >= 15 is 0 Å². The summed E-state index contributed by atoms with van der Waals surface area (Å²) in [6.07, 6.45) is 5.27. The highest BCUT2D eigenvalue weighted by atomic mass is 15.4. The van der Waals surface area contributed by atoms with Gasteiger partial charge in [0, 0.05) is 12.6 Å². The standard InChI is InChI=1S/C9H16N4/c1-7(10)4-8-2-3-13-9(5-8)6-11-12-13/h6-8H,2-5,10H2,1H3. The molecule has 0 aliphatic carbocycles. The van der Waals surface area contributed by atoms with Gasteiger partial charge in [0.2, 0.25) is 0 Å². The molecule has 0 saturated carbocycles. The first kappa shape index (κ1) is 8.69. The van der Waals surface area contributed by atoms with Crippen molar-refractivity contribution in [1.82, 2.24) is 15.0 Å². The maximum Gasteiger partial charge on any atom is 0.0725 e. The van der Waals surface area contributed by atoms with Crippen molar-refractivity contribution in [3.8, 4) is 0 Å². The fourth-order valence-corrected chi connectivity index (χ4v) is 2.05. The van der Waals surface area contributed by atoms with Crippen molar-refractivity contribution in [2.75, 3.05) is 0 Å². The zero-order valence-corrected chi connectivity index (χ0v) is 7.98. The van der Waals surface area contributed by atoms with E-state index in [4.69, 9.17) is 5.73 Å². The summed E-state index contributed by atoms with van der Waals surface area (Å²) in [7, 11) is 0. The first-order valence-electron chi connectivity index (χ1n) is 4.88. The van der Waals surface area contributed by atoms with Crippen molar-refractivity contribution in [3.05, 3.63) is 11.9 Å². The monoisotopic (exact) mass is 180 g/mol. The molecule has 0 amide bonds. The number of hydrogen-bond donors (Lipinski definition) is 1. The Labute approximate surface area is 78.1 Å². The lowest BCUT2D eigenvalue weighted by molar-refractivity contribution is 0.331. The lowest BCUT2D eigenvalue weighted by Crippen LogP contribution is -2.26. The first-order valence-corrected chi connectivity index (χ1v) is 4.88. The minimum absolute atomic E-state index is 0.312. The van der Waals surface area contributed by atoms with Crippen molar-refractivity contribution < 1.29 is 0 Å². The number of aromatic nitrogens is 3. The maximum absolute atomic E-state index is 5.78. The average molecular weight is 180 g/mol. The van der Waals surface area contributed by atoms with Gasteiger partial charge in [0.1, 0.15) is 0 Å². The molecule has 72 valence electrons. The molecule has 4 heteroatoms. The van der Waals surface area contributed by atoms with E-state index in [1.165, 1.54) is 12.1 Å². The van der Waals surface area contributed by atoms with Gasteiger partial charge in [0.25, 0.3) is 0 Å². The van der Waals surface area contributed by atoms with E-state index in [1.807, 2.05) is 10.9 Å². The van der Waals surface area contributed by atoms with E-state index in [1.54, 1.807) is 0 Å². The SMILES string of the molecule is CC(N)CC1CCn2nncc2C1. The van der Waals surface area contributed by atoms with Crippen LogP contribution in [0.5, 0.6) is 0 Å². The van der Waals surface area contributed by atoms with Crippen LogP contribution >= 0.6 is 0 Å². The van der Waals surface area contributed by atoms with Crippen LogP contribution in [0.4, 0.5) is 0 Å². The molecule has 1 aliphatic heterocycles. The fourth-order valence-electron chi connectivity index (χ4n) is 2.05. The van der Waals surface area contributed by atoms with Gasteiger partial charge in [-0.25, -0.2) is 4.68 Å². The average Bonchev–Trinajstić information content (AvgIpc) is 2.49. The molecule has 13 heavy (non-hydrogen) atoms. The molecular weight excluding hydrogens is 164 g/mol. The van der Waals surface area contributed by atoms with Crippen LogP contribution in [-0.4, -0.2) is 21.0 Å². The van der Waals surface area contributed by atoms with E-state index in [2.05, 4.69) is 17.2 Å². The second-order valence-electron chi connectivity index (χ2n) is 4.02. The van der Waals surface area contributed by atoms with Crippen LogP contribution in [-0.2, 0) is 13.0 Å². The number of nitrogens with two attached hydrogens (primary N) is 1. The highest BCUT2D eigenvalue weighted by Crippen LogP contribution is 2.22. The van der Waals surface area contributed by atoms with Crippen molar-refractivity contribution >= 4 is 0 Å². The third kappa shape index (κ3) is 1.88. The van der Waals surface area contributed by atoms with Crippen LogP contribution in [0, 0.1) is 5.92 Å². The molecule has 2 unspecified atom stereocenters. The lowest BCUT2D eigenvalue weighted by atomic mass is 9.91. The predicted molar refractivity (Wildman–Crippen MR) is 50.1 cm³/mol. The van der Waals surface area contributed by atoms with Gasteiger partial charge in [-0.15, -0.1) is 5.10 Å². The normalized spacial score (nSPS) is 24.0. The van der Waals surface area contributed by atoms with E-state index < -0.39 is 0 Å². The molecule has 1 aromatic rings. The maximum atomic E-state index is 5.78. The molecule has 2 atom stereocenters. The highest BCUT2D eigenvalue weighted by Gasteiger charge is 2.20. The molecule has 2 heterocycles. The minimum Gasteiger partial charge on any atom is -0.328 e. The molecule has 0 radical (unpaired) electrons. The van der Waals surface area contributed by atoms with E-state index in [0.29, 0.717) is 6.04 Å². The Balaban J connectivity index is 2.00. The highest BCUT2D eigenvalue weighted by molar-refractivity contribution is 4.99. The Bertz CT molecular complexity index is 279. The van der Waals surface area contributed by atoms with Gasteiger partial charge in [-0.2, -0.15) is 0 Å². The van der Waals surface area contributed by atoms with Crippen molar-refractivity contribution in [3.63, 3.8) is 0 Å². The summed E-state index contributed by atoms with van der Waals surface area (Å²) in [5.74, 6) is 0.728. The van der Waals surface area contributed by atoms with Crippen LogP contribution < -0.4 is 5.73 Å².